The van der Waals surface area contributed by atoms with E-state index in [2.05, 4.69) is 98.9 Å². The topological polar surface area (TPSA) is 192 Å². The number of phosphoric ester groups is 1. The van der Waals surface area contributed by atoms with Crippen molar-refractivity contribution in [3.8, 4) is 0 Å². The fourth-order valence-electron chi connectivity index (χ4n) is 5.82. The van der Waals surface area contributed by atoms with Gasteiger partial charge in [0.25, 0.3) is 0 Å². The number of ether oxygens (including phenoxy) is 2. The second kappa shape index (κ2) is 35.3. The van der Waals surface area contributed by atoms with Crippen molar-refractivity contribution in [2.75, 3.05) is 19.8 Å². The molecule has 0 bridgehead atoms. The quantitative estimate of drug-likeness (QED) is 0.0158. The molecule has 1 aliphatic rings. The van der Waals surface area contributed by atoms with E-state index in [4.69, 9.17) is 18.5 Å². The molecular weight excluding hydrogens is 763 g/mol. The SMILES string of the molecule is CC/C=C\C/C=C\C/C=C\C/C=C\C/C=C\C/C=C\CCCOCC(COP(=O)(O)OC1C(O)C(O)C(O)C(O)C1O)OC(=O)CCCCCCC/C=C\CCCC. The molecule has 6 N–H and O–H groups in total. The maximum Gasteiger partial charge on any atom is 0.472 e. The Balaban J connectivity index is 2.47. The molecule has 6 unspecified atom stereocenters. The van der Waals surface area contributed by atoms with Crippen LogP contribution in [0.15, 0.2) is 85.1 Å². The van der Waals surface area contributed by atoms with Gasteiger partial charge in [0.2, 0.25) is 0 Å². The van der Waals surface area contributed by atoms with Crippen LogP contribution in [0.2, 0.25) is 0 Å². The number of carbonyl (C=O) groups is 1. The predicted molar refractivity (Wildman–Crippen MR) is 230 cm³/mol. The number of rotatable bonds is 34. The molecule has 12 nitrogen and oxygen atoms in total. The maximum atomic E-state index is 12.8. The number of allylic oxidation sites excluding steroid dienone is 14. The van der Waals surface area contributed by atoms with Crippen molar-refractivity contribution >= 4 is 13.8 Å². The van der Waals surface area contributed by atoms with Crippen molar-refractivity contribution in [3.05, 3.63) is 85.1 Å². The standard InChI is InChI=1S/C45H75O12P/c1-3-5-7-9-11-13-15-16-17-18-19-20-21-22-23-25-27-29-31-33-35-54-36-38(56-39(46)34-32-30-28-26-24-14-12-10-8-6-4-2)37-55-58(52,53)57-45-43(50)41(48)40(47)42(49)44(45)51/h5,7,10-13,16-17,19-20,22-23,27,29,38,40-45,47-51H,3-4,6,8-9,14-15,18,21,24-26,28,30-37H2,1-2H3,(H,52,53)/b7-5-,12-10-,13-11-,17-16-,20-19-,23-22-,29-27-. The highest BCUT2D eigenvalue weighted by Crippen LogP contribution is 2.47. The van der Waals surface area contributed by atoms with Crippen molar-refractivity contribution in [1.82, 2.24) is 0 Å². The Kier molecular flexibility index (Phi) is 32.6. The summed E-state index contributed by atoms with van der Waals surface area (Å²) in [5, 5.41) is 50.1. The summed E-state index contributed by atoms with van der Waals surface area (Å²) in [5.74, 6) is -0.513. The third kappa shape index (κ3) is 27.3. The molecule has 0 radical (unpaired) electrons. The number of carbonyl (C=O) groups excluding carboxylic acids is 1. The number of phosphoric acid groups is 1. The highest BCUT2D eigenvalue weighted by molar-refractivity contribution is 7.47. The van der Waals surface area contributed by atoms with Gasteiger partial charge in [-0.3, -0.25) is 13.8 Å². The van der Waals surface area contributed by atoms with E-state index in [1.165, 1.54) is 12.8 Å². The van der Waals surface area contributed by atoms with E-state index in [9.17, 15) is 39.8 Å². The molecule has 0 aromatic rings. The van der Waals surface area contributed by atoms with E-state index >= 15 is 0 Å². The molecule has 1 saturated carbocycles. The number of unbranched alkanes of at least 4 members (excludes halogenated alkanes) is 8. The van der Waals surface area contributed by atoms with E-state index in [1.54, 1.807) is 0 Å². The van der Waals surface area contributed by atoms with Crippen molar-refractivity contribution in [1.29, 1.82) is 0 Å². The Morgan fingerprint density at radius 1 is 0.569 bits per heavy atom. The number of hydrogen-bond acceptors (Lipinski definition) is 11. The van der Waals surface area contributed by atoms with Gasteiger partial charge in [0.15, 0.2) is 0 Å². The summed E-state index contributed by atoms with van der Waals surface area (Å²) in [6, 6.07) is 0. The van der Waals surface area contributed by atoms with Crippen LogP contribution in [-0.2, 0) is 27.9 Å². The van der Waals surface area contributed by atoms with Crippen LogP contribution in [0.4, 0.5) is 0 Å². The molecule has 0 heterocycles. The van der Waals surface area contributed by atoms with Crippen LogP contribution in [0.1, 0.15) is 129 Å². The average molecular weight is 839 g/mol. The fourth-order valence-corrected chi connectivity index (χ4v) is 6.79. The molecule has 58 heavy (non-hydrogen) atoms. The molecule has 13 heteroatoms. The zero-order valence-corrected chi connectivity index (χ0v) is 35.9. The van der Waals surface area contributed by atoms with E-state index < -0.39 is 63.1 Å². The Bertz CT molecular complexity index is 1280. The van der Waals surface area contributed by atoms with Gasteiger partial charge < -0.3 is 39.9 Å². The highest BCUT2D eigenvalue weighted by Gasteiger charge is 2.51. The largest absolute Gasteiger partial charge is 0.472 e. The van der Waals surface area contributed by atoms with Gasteiger partial charge in [0.05, 0.1) is 13.2 Å². The molecule has 1 fully saturated rings. The number of esters is 1. The minimum atomic E-state index is -5.04. The fraction of sp³-hybridized carbons (Fsp3) is 0.667. The number of aliphatic hydroxyl groups excluding tert-OH is 5. The lowest BCUT2D eigenvalue weighted by atomic mass is 9.85. The molecule has 0 aromatic carbocycles. The molecule has 332 valence electrons. The summed E-state index contributed by atoms with van der Waals surface area (Å²) in [7, 11) is -5.04. The van der Waals surface area contributed by atoms with Crippen LogP contribution < -0.4 is 0 Å². The summed E-state index contributed by atoms with van der Waals surface area (Å²) in [6.45, 7) is 3.91. The second-order valence-corrected chi connectivity index (χ2v) is 15.9. The molecule has 0 aromatic heterocycles. The van der Waals surface area contributed by atoms with Gasteiger partial charge in [-0.25, -0.2) is 4.57 Å². The molecular formula is C45H75O12P. The Morgan fingerprint density at radius 2 is 1.02 bits per heavy atom. The minimum absolute atomic E-state index is 0.125. The van der Waals surface area contributed by atoms with Crippen LogP contribution in [0.3, 0.4) is 0 Å². The van der Waals surface area contributed by atoms with Crippen molar-refractivity contribution in [2.24, 2.45) is 0 Å². The lowest BCUT2D eigenvalue weighted by molar-refractivity contribution is -0.220. The Hall–Kier alpha value is -2.48. The monoisotopic (exact) mass is 838 g/mol. The normalized spacial score (nSPS) is 23.5. The molecule has 0 aliphatic heterocycles. The Morgan fingerprint density at radius 3 is 1.57 bits per heavy atom. The first kappa shape index (κ1) is 53.5. The molecule has 0 spiro atoms. The summed E-state index contributed by atoms with van der Waals surface area (Å²) < 4.78 is 34.0. The summed E-state index contributed by atoms with van der Waals surface area (Å²) in [6.07, 6.45) is 33.9. The maximum absolute atomic E-state index is 12.8. The molecule has 1 aliphatic carbocycles. The van der Waals surface area contributed by atoms with Gasteiger partial charge in [0.1, 0.15) is 42.7 Å². The van der Waals surface area contributed by atoms with Crippen LogP contribution >= 0.6 is 7.82 Å². The molecule has 0 saturated heterocycles. The minimum Gasteiger partial charge on any atom is -0.457 e. The van der Waals surface area contributed by atoms with Gasteiger partial charge in [-0.2, -0.15) is 0 Å². The summed E-state index contributed by atoms with van der Waals surface area (Å²) >= 11 is 0. The van der Waals surface area contributed by atoms with E-state index in [0.29, 0.717) is 19.4 Å². The van der Waals surface area contributed by atoms with Crippen LogP contribution in [-0.4, -0.2) is 98.9 Å². The lowest BCUT2D eigenvalue weighted by Gasteiger charge is -2.41. The third-order valence-electron chi connectivity index (χ3n) is 9.25. The molecule has 0 amide bonds. The first-order valence-electron chi connectivity index (χ1n) is 21.4. The van der Waals surface area contributed by atoms with Crippen LogP contribution in [0.5, 0.6) is 0 Å². The predicted octanol–water partition coefficient (Wildman–Crippen LogP) is 8.19. The van der Waals surface area contributed by atoms with Crippen LogP contribution in [0, 0.1) is 0 Å². The lowest BCUT2D eigenvalue weighted by Crippen LogP contribution is -2.64. The van der Waals surface area contributed by atoms with Gasteiger partial charge >= 0.3 is 13.8 Å². The van der Waals surface area contributed by atoms with Gasteiger partial charge in [0, 0.05) is 13.0 Å². The van der Waals surface area contributed by atoms with Gasteiger partial charge in [-0.15, -0.1) is 0 Å². The highest BCUT2D eigenvalue weighted by atomic mass is 31.2. The van der Waals surface area contributed by atoms with E-state index in [1.807, 2.05) is 0 Å². The Labute approximate surface area is 348 Å². The zero-order valence-electron chi connectivity index (χ0n) is 35.1. The van der Waals surface area contributed by atoms with E-state index in [-0.39, 0.29) is 13.0 Å². The van der Waals surface area contributed by atoms with Gasteiger partial charge in [-0.05, 0) is 77.0 Å². The van der Waals surface area contributed by atoms with Crippen molar-refractivity contribution in [2.45, 2.75) is 172 Å². The number of aliphatic hydroxyl groups is 5. The van der Waals surface area contributed by atoms with Crippen molar-refractivity contribution < 1.29 is 58.3 Å². The number of hydrogen-bond donors (Lipinski definition) is 6. The molecule has 6 atom stereocenters. The zero-order chi connectivity index (χ0) is 42.7. The molecule has 1 rings (SSSR count). The summed E-state index contributed by atoms with van der Waals surface area (Å²) in [4.78, 5) is 23.0. The smallest absolute Gasteiger partial charge is 0.457 e. The summed E-state index contributed by atoms with van der Waals surface area (Å²) in [5.41, 5.74) is 0. The van der Waals surface area contributed by atoms with Gasteiger partial charge in [-0.1, -0.05) is 131 Å². The first-order valence-corrected chi connectivity index (χ1v) is 22.9. The van der Waals surface area contributed by atoms with E-state index in [0.717, 1.165) is 83.5 Å². The average Bonchev–Trinajstić information content (AvgIpc) is 3.21. The second-order valence-electron chi connectivity index (χ2n) is 14.5. The van der Waals surface area contributed by atoms with Crippen molar-refractivity contribution in [3.63, 3.8) is 0 Å². The first-order chi connectivity index (χ1) is 28.0. The third-order valence-corrected chi connectivity index (χ3v) is 10.2. The van der Waals surface area contributed by atoms with Crippen LogP contribution in [0.25, 0.3) is 0 Å².